The Kier molecular flexibility index (Phi) is 4.17. The summed E-state index contributed by atoms with van der Waals surface area (Å²) in [5.74, 6) is -0.737. The van der Waals surface area contributed by atoms with Crippen molar-refractivity contribution in [2.45, 2.75) is 6.04 Å². The molecule has 2 aromatic carbocycles. The van der Waals surface area contributed by atoms with Crippen LogP contribution in [0.4, 0.5) is 8.78 Å². The summed E-state index contributed by atoms with van der Waals surface area (Å²) in [5, 5.41) is 0. The van der Waals surface area contributed by atoms with Crippen molar-refractivity contribution >= 4 is 15.9 Å². The van der Waals surface area contributed by atoms with Crippen molar-refractivity contribution < 1.29 is 13.5 Å². The van der Waals surface area contributed by atoms with Crippen LogP contribution in [-0.2, 0) is 0 Å². The van der Waals surface area contributed by atoms with E-state index in [4.69, 9.17) is 10.5 Å². The van der Waals surface area contributed by atoms with Crippen LogP contribution in [0.2, 0.25) is 0 Å². The lowest BCUT2D eigenvalue weighted by atomic mass is 9.98. The van der Waals surface area contributed by atoms with Gasteiger partial charge in [-0.25, -0.2) is 8.78 Å². The van der Waals surface area contributed by atoms with E-state index in [-0.39, 0.29) is 0 Å². The van der Waals surface area contributed by atoms with E-state index in [9.17, 15) is 8.78 Å². The Labute approximate surface area is 118 Å². The van der Waals surface area contributed by atoms with Crippen LogP contribution in [0, 0.1) is 11.6 Å². The minimum atomic E-state index is -0.669. The minimum Gasteiger partial charge on any atom is -0.496 e. The number of nitrogens with two attached hydrogens (primary N) is 1. The van der Waals surface area contributed by atoms with Crippen LogP contribution in [0.1, 0.15) is 17.2 Å². The summed E-state index contributed by atoms with van der Waals surface area (Å²) in [4.78, 5) is 0. The predicted octanol–water partition coefficient (Wildman–Crippen LogP) is 3.78. The molecule has 0 amide bonds. The average molecular weight is 328 g/mol. The number of rotatable bonds is 3. The zero-order valence-corrected chi connectivity index (χ0v) is 11.7. The van der Waals surface area contributed by atoms with Crippen LogP contribution in [0.15, 0.2) is 40.9 Å². The molecule has 0 fully saturated rings. The highest BCUT2D eigenvalue weighted by Gasteiger charge is 2.16. The topological polar surface area (TPSA) is 35.2 Å². The van der Waals surface area contributed by atoms with Gasteiger partial charge in [-0.2, -0.15) is 0 Å². The Balaban J connectivity index is 2.48. The first kappa shape index (κ1) is 14.0. The van der Waals surface area contributed by atoms with Crippen molar-refractivity contribution in [1.29, 1.82) is 0 Å². The molecule has 100 valence electrons. The molecule has 0 aliphatic heterocycles. The third kappa shape index (κ3) is 3.11. The van der Waals surface area contributed by atoms with Gasteiger partial charge in [0.1, 0.15) is 17.4 Å². The fourth-order valence-electron chi connectivity index (χ4n) is 1.88. The molecule has 0 aliphatic rings. The second-order valence-electron chi connectivity index (χ2n) is 4.07. The number of ether oxygens (including phenoxy) is 1. The molecule has 0 heterocycles. The van der Waals surface area contributed by atoms with E-state index in [0.717, 1.165) is 10.5 Å². The molecule has 0 aromatic heterocycles. The fraction of sp³-hybridized carbons (Fsp3) is 0.143. The van der Waals surface area contributed by atoms with Crippen molar-refractivity contribution in [1.82, 2.24) is 0 Å². The lowest BCUT2D eigenvalue weighted by Gasteiger charge is -2.16. The number of methoxy groups -OCH3 is 1. The molecule has 2 N–H and O–H groups in total. The second kappa shape index (κ2) is 5.67. The maximum Gasteiger partial charge on any atom is 0.126 e. The molecule has 5 heteroatoms. The molecule has 0 radical (unpaired) electrons. The van der Waals surface area contributed by atoms with Crippen molar-refractivity contribution in [3.63, 3.8) is 0 Å². The molecule has 0 bridgehead atoms. The minimum absolute atomic E-state index is 0.355. The van der Waals surface area contributed by atoms with E-state index in [1.807, 2.05) is 0 Å². The normalized spacial score (nSPS) is 12.3. The maximum atomic E-state index is 13.2. The smallest absolute Gasteiger partial charge is 0.126 e. The van der Waals surface area contributed by atoms with Gasteiger partial charge < -0.3 is 10.5 Å². The number of hydrogen-bond acceptors (Lipinski definition) is 2. The summed E-state index contributed by atoms with van der Waals surface area (Å²) in [6, 6.07) is 7.90. The molecule has 2 nitrogen and oxygen atoms in total. The summed E-state index contributed by atoms with van der Waals surface area (Å²) in [5.41, 5.74) is 7.08. The zero-order valence-electron chi connectivity index (χ0n) is 10.2. The average Bonchev–Trinajstić information content (AvgIpc) is 2.36. The molecule has 0 spiro atoms. The molecule has 1 unspecified atom stereocenters. The number of hydrogen-bond donors (Lipinski definition) is 1. The van der Waals surface area contributed by atoms with Crippen LogP contribution < -0.4 is 10.5 Å². The molecule has 2 rings (SSSR count). The SMILES string of the molecule is COc1ccc(Br)cc1C(N)c1cc(F)cc(F)c1. The van der Waals surface area contributed by atoms with E-state index in [0.29, 0.717) is 16.9 Å². The van der Waals surface area contributed by atoms with Crippen LogP contribution in [0.25, 0.3) is 0 Å². The standard InChI is InChI=1S/C14H12BrF2NO/c1-19-13-3-2-9(15)6-12(13)14(18)8-4-10(16)7-11(17)5-8/h2-7,14H,18H2,1H3. The maximum absolute atomic E-state index is 13.2. The first-order valence-corrected chi connectivity index (χ1v) is 6.35. The van der Waals surface area contributed by atoms with Crippen LogP contribution in [0.5, 0.6) is 5.75 Å². The summed E-state index contributed by atoms with van der Waals surface area (Å²) in [6.45, 7) is 0. The van der Waals surface area contributed by atoms with Gasteiger partial charge in [-0.05, 0) is 35.9 Å². The summed E-state index contributed by atoms with van der Waals surface area (Å²) < 4.78 is 32.5. The van der Waals surface area contributed by atoms with E-state index in [1.54, 1.807) is 18.2 Å². The number of benzene rings is 2. The largest absolute Gasteiger partial charge is 0.496 e. The lowest BCUT2D eigenvalue weighted by molar-refractivity contribution is 0.407. The van der Waals surface area contributed by atoms with Gasteiger partial charge in [0.15, 0.2) is 0 Å². The molecular weight excluding hydrogens is 316 g/mol. The molecule has 19 heavy (non-hydrogen) atoms. The van der Waals surface area contributed by atoms with Crippen LogP contribution >= 0.6 is 15.9 Å². The van der Waals surface area contributed by atoms with Gasteiger partial charge in [0, 0.05) is 16.1 Å². The molecule has 0 saturated heterocycles. The van der Waals surface area contributed by atoms with E-state index in [1.165, 1.54) is 19.2 Å². The molecule has 1 atom stereocenters. The Bertz CT molecular complexity index is 584. The summed E-state index contributed by atoms with van der Waals surface area (Å²) in [7, 11) is 1.52. The number of halogens is 3. The second-order valence-corrected chi connectivity index (χ2v) is 4.98. The van der Waals surface area contributed by atoms with E-state index in [2.05, 4.69) is 15.9 Å². The molecular formula is C14H12BrF2NO. The van der Waals surface area contributed by atoms with Gasteiger partial charge >= 0.3 is 0 Å². The van der Waals surface area contributed by atoms with Crippen molar-refractivity contribution in [2.75, 3.05) is 7.11 Å². The Morgan fingerprint density at radius 1 is 1.11 bits per heavy atom. The highest BCUT2D eigenvalue weighted by atomic mass is 79.9. The Morgan fingerprint density at radius 2 is 1.74 bits per heavy atom. The van der Waals surface area contributed by atoms with E-state index >= 15 is 0 Å². The van der Waals surface area contributed by atoms with Crippen LogP contribution in [0.3, 0.4) is 0 Å². The van der Waals surface area contributed by atoms with Crippen LogP contribution in [-0.4, -0.2) is 7.11 Å². The first-order chi connectivity index (χ1) is 9.01. The molecule has 2 aromatic rings. The highest BCUT2D eigenvalue weighted by Crippen LogP contribution is 2.31. The lowest BCUT2D eigenvalue weighted by Crippen LogP contribution is -2.13. The van der Waals surface area contributed by atoms with Gasteiger partial charge in [-0.3, -0.25) is 0 Å². The first-order valence-electron chi connectivity index (χ1n) is 5.56. The third-order valence-corrected chi connectivity index (χ3v) is 3.26. The van der Waals surface area contributed by atoms with Gasteiger partial charge in [-0.15, -0.1) is 0 Å². The quantitative estimate of drug-likeness (QED) is 0.931. The Morgan fingerprint density at radius 3 is 2.32 bits per heavy atom. The third-order valence-electron chi connectivity index (χ3n) is 2.77. The predicted molar refractivity (Wildman–Crippen MR) is 73.1 cm³/mol. The van der Waals surface area contributed by atoms with Crippen molar-refractivity contribution in [3.8, 4) is 5.75 Å². The van der Waals surface area contributed by atoms with Gasteiger partial charge in [-0.1, -0.05) is 15.9 Å². The van der Waals surface area contributed by atoms with Gasteiger partial charge in [0.05, 0.1) is 13.2 Å². The monoisotopic (exact) mass is 327 g/mol. The van der Waals surface area contributed by atoms with Crippen molar-refractivity contribution in [3.05, 3.63) is 63.6 Å². The highest BCUT2D eigenvalue weighted by molar-refractivity contribution is 9.10. The molecule has 0 aliphatic carbocycles. The van der Waals surface area contributed by atoms with Gasteiger partial charge in [0.2, 0.25) is 0 Å². The zero-order chi connectivity index (χ0) is 14.0. The van der Waals surface area contributed by atoms with Crippen molar-refractivity contribution in [2.24, 2.45) is 5.73 Å². The van der Waals surface area contributed by atoms with Gasteiger partial charge in [0.25, 0.3) is 0 Å². The summed E-state index contributed by atoms with van der Waals surface area (Å²) >= 11 is 3.34. The summed E-state index contributed by atoms with van der Waals surface area (Å²) in [6.07, 6.45) is 0. The Hall–Kier alpha value is -1.46. The molecule has 0 saturated carbocycles. The van der Waals surface area contributed by atoms with E-state index < -0.39 is 17.7 Å². The fourth-order valence-corrected chi connectivity index (χ4v) is 2.26.